The molecule has 3 aromatic rings. The molecule has 0 N–H and O–H groups in total. The van der Waals surface area contributed by atoms with E-state index in [0.717, 1.165) is 16.4 Å². The lowest BCUT2D eigenvalue weighted by atomic mass is 10.2. The van der Waals surface area contributed by atoms with Crippen LogP contribution in [0.4, 0.5) is 0 Å². The Morgan fingerprint density at radius 2 is 1.92 bits per heavy atom. The summed E-state index contributed by atoms with van der Waals surface area (Å²) in [4.78, 5) is 7.74. The van der Waals surface area contributed by atoms with E-state index in [4.69, 9.17) is 25.6 Å². The van der Waals surface area contributed by atoms with Crippen molar-refractivity contribution in [3.05, 3.63) is 45.4 Å². The summed E-state index contributed by atoms with van der Waals surface area (Å²) in [6.07, 6.45) is 0. The Bertz CT molecular complexity index is 849. The number of thiophene rings is 1. The van der Waals surface area contributed by atoms with Crippen LogP contribution in [0.25, 0.3) is 11.4 Å². The first kappa shape index (κ1) is 17.7. The average Bonchev–Trinajstić information content (AvgIpc) is 3.23. The summed E-state index contributed by atoms with van der Waals surface area (Å²) in [7, 11) is 5.18. The van der Waals surface area contributed by atoms with E-state index in [9.17, 15) is 0 Å². The zero-order valence-electron chi connectivity index (χ0n) is 14.2. The minimum Gasteiger partial charge on any atom is -0.493 e. The molecule has 0 amide bonds. The third-order valence-corrected chi connectivity index (χ3v) is 4.79. The van der Waals surface area contributed by atoms with Crippen molar-refractivity contribution >= 4 is 22.9 Å². The maximum atomic E-state index is 5.96. The smallest absolute Gasteiger partial charge is 0.241 e. The number of aromatic nitrogens is 2. The summed E-state index contributed by atoms with van der Waals surface area (Å²) in [5.41, 5.74) is 0.806. The van der Waals surface area contributed by atoms with Gasteiger partial charge < -0.3 is 14.0 Å². The number of hydrogen-bond acceptors (Lipinski definition) is 7. The van der Waals surface area contributed by atoms with E-state index in [2.05, 4.69) is 15.0 Å². The monoisotopic (exact) mass is 379 g/mol. The highest BCUT2D eigenvalue weighted by Gasteiger charge is 2.14. The van der Waals surface area contributed by atoms with E-state index in [1.54, 1.807) is 25.6 Å². The standard InChI is InChI=1S/C17H18ClN3O3S/c1-21(9-12-5-7-15(18)25-12)10-16-19-17(20-24-16)11-4-6-13(22-2)14(8-11)23-3/h4-8H,9-10H2,1-3H3. The molecule has 0 bridgehead atoms. The molecule has 8 heteroatoms. The van der Waals surface area contributed by atoms with Gasteiger partial charge in [-0.05, 0) is 37.4 Å². The topological polar surface area (TPSA) is 60.6 Å². The highest BCUT2D eigenvalue weighted by molar-refractivity contribution is 7.16. The summed E-state index contributed by atoms with van der Waals surface area (Å²) in [6.45, 7) is 1.32. The van der Waals surface area contributed by atoms with Crippen LogP contribution in [0.2, 0.25) is 4.34 Å². The number of benzene rings is 1. The maximum Gasteiger partial charge on any atom is 0.241 e. The van der Waals surface area contributed by atoms with E-state index in [1.165, 1.54) is 4.88 Å². The first-order valence-electron chi connectivity index (χ1n) is 7.56. The van der Waals surface area contributed by atoms with Crippen LogP contribution in [-0.2, 0) is 13.1 Å². The third kappa shape index (κ3) is 4.31. The Morgan fingerprint density at radius 3 is 2.60 bits per heavy atom. The fourth-order valence-electron chi connectivity index (χ4n) is 2.40. The Balaban J connectivity index is 1.69. The fourth-order valence-corrected chi connectivity index (χ4v) is 3.57. The molecule has 0 aliphatic rings. The molecule has 1 aromatic carbocycles. The van der Waals surface area contributed by atoms with E-state index >= 15 is 0 Å². The lowest BCUT2D eigenvalue weighted by molar-refractivity contribution is 0.262. The predicted octanol–water partition coefficient (Wildman–Crippen LogP) is 4.10. The van der Waals surface area contributed by atoms with Crippen LogP contribution in [0.3, 0.4) is 0 Å². The fraction of sp³-hybridized carbons (Fsp3) is 0.294. The molecular weight excluding hydrogens is 362 g/mol. The molecule has 0 radical (unpaired) electrons. The van der Waals surface area contributed by atoms with Gasteiger partial charge in [0.1, 0.15) is 0 Å². The van der Waals surface area contributed by atoms with Gasteiger partial charge in [0.2, 0.25) is 11.7 Å². The van der Waals surface area contributed by atoms with Crippen LogP contribution in [0.15, 0.2) is 34.9 Å². The number of ether oxygens (including phenoxy) is 2. The molecule has 6 nitrogen and oxygen atoms in total. The van der Waals surface area contributed by atoms with Crippen molar-refractivity contribution in [2.24, 2.45) is 0 Å². The minimum atomic E-state index is 0.517. The van der Waals surface area contributed by atoms with Gasteiger partial charge in [-0.15, -0.1) is 11.3 Å². The van der Waals surface area contributed by atoms with E-state index in [1.807, 2.05) is 37.4 Å². The number of rotatable bonds is 7. The highest BCUT2D eigenvalue weighted by Crippen LogP contribution is 2.31. The summed E-state index contributed by atoms with van der Waals surface area (Å²) in [5, 5.41) is 4.05. The van der Waals surface area contributed by atoms with Crippen molar-refractivity contribution in [3.63, 3.8) is 0 Å². The second kappa shape index (κ2) is 7.86. The van der Waals surface area contributed by atoms with Crippen molar-refractivity contribution in [2.75, 3.05) is 21.3 Å². The zero-order valence-corrected chi connectivity index (χ0v) is 15.7. The number of methoxy groups -OCH3 is 2. The van der Waals surface area contributed by atoms with Crippen LogP contribution in [0.1, 0.15) is 10.8 Å². The first-order valence-corrected chi connectivity index (χ1v) is 8.76. The molecule has 0 spiro atoms. The van der Waals surface area contributed by atoms with Crippen LogP contribution < -0.4 is 9.47 Å². The molecule has 0 atom stereocenters. The summed E-state index contributed by atoms with van der Waals surface area (Å²) in [6, 6.07) is 9.43. The Labute approximate surface area is 154 Å². The van der Waals surface area contributed by atoms with Gasteiger partial charge in [0, 0.05) is 17.0 Å². The van der Waals surface area contributed by atoms with Gasteiger partial charge >= 0.3 is 0 Å². The van der Waals surface area contributed by atoms with E-state index in [-0.39, 0.29) is 0 Å². The summed E-state index contributed by atoms with van der Waals surface area (Å²) in [5.74, 6) is 2.35. The van der Waals surface area contributed by atoms with Crippen molar-refractivity contribution in [3.8, 4) is 22.9 Å². The predicted molar refractivity (Wildman–Crippen MR) is 97.3 cm³/mol. The van der Waals surface area contributed by atoms with Gasteiger partial charge in [-0.2, -0.15) is 4.98 Å². The number of halogens is 1. The quantitative estimate of drug-likeness (QED) is 0.616. The van der Waals surface area contributed by atoms with Crippen molar-refractivity contribution < 1.29 is 14.0 Å². The molecule has 0 fully saturated rings. The van der Waals surface area contributed by atoms with Crippen molar-refractivity contribution in [1.82, 2.24) is 15.0 Å². The Hall–Kier alpha value is -2.09. The summed E-state index contributed by atoms with van der Waals surface area (Å²) < 4.78 is 16.7. The van der Waals surface area contributed by atoms with Crippen LogP contribution in [0.5, 0.6) is 11.5 Å². The first-order chi connectivity index (χ1) is 12.1. The van der Waals surface area contributed by atoms with Gasteiger partial charge in [-0.25, -0.2) is 0 Å². The molecule has 132 valence electrons. The largest absolute Gasteiger partial charge is 0.493 e. The van der Waals surface area contributed by atoms with Crippen LogP contribution >= 0.6 is 22.9 Å². The second-order valence-corrected chi connectivity index (χ2v) is 7.26. The number of nitrogens with zero attached hydrogens (tertiary/aromatic N) is 3. The Morgan fingerprint density at radius 1 is 1.12 bits per heavy atom. The lowest BCUT2D eigenvalue weighted by Crippen LogP contribution is -2.16. The minimum absolute atomic E-state index is 0.517. The molecule has 2 heterocycles. The van der Waals surface area contributed by atoms with Crippen LogP contribution in [-0.4, -0.2) is 36.3 Å². The van der Waals surface area contributed by atoms with Gasteiger partial charge in [-0.3, -0.25) is 4.90 Å². The zero-order chi connectivity index (χ0) is 17.8. The van der Waals surface area contributed by atoms with Gasteiger partial charge in [0.15, 0.2) is 11.5 Å². The van der Waals surface area contributed by atoms with E-state index < -0.39 is 0 Å². The molecule has 25 heavy (non-hydrogen) atoms. The SMILES string of the molecule is COc1ccc(-c2noc(CN(C)Cc3ccc(Cl)s3)n2)cc1OC. The molecule has 3 rings (SSSR count). The van der Waals surface area contributed by atoms with Crippen LogP contribution in [0, 0.1) is 0 Å². The van der Waals surface area contributed by atoms with Gasteiger partial charge in [0.25, 0.3) is 0 Å². The van der Waals surface area contributed by atoms with Gasteiger partial charge in [0.05, 0.1) is 25.1 Å². The second-order valence-electron chi connectivity index (χ2n) is 5.46. The van der Waals surface area contributed by atoms with Gasteiger partial charge in [-0.1, -0.05) is 16.8 Å². The molecule has 0 saturated carbocycles. The Kier molecular flexibility index (Phi) is 5.57. The average molecular weight is 380 g/mol. The third-order valence-electron chi connectivity index (χ3n) is 3.57. The van der Waals surface area contributed by atoms with E-state index in [0.29, 0.717) is 29.8 Å². The maximum absolute atomic E-state index is 5.96. The molecule has 0 aliphatic heterocycles. The lowest BCUT2D eigenvalue weighted by Gasteiger charge is -2.12. The molecule has 0 saturated heterocycles. The summed E-state index contributed by atoms with van der Waals surface area (Å²) >= 11 is 7.53. The molecule has 2 aromatic heterocycles. The normalized spacial score (nSPS) is 11.1. The van der Waals surface area contributed by atoms with Crippen molar-refractivity contribution in [1.29, 1.82) is 0 Å². The molecular formula is C17H18ClN3O3S. The number of hydrogen-bond donors (Lipinski definition) is 0. The molecule has 0 unspecified atom stereocenters. The molecule has 0 aliphatic carbocycles. The highest BCUT2D eigenvalue weighted by atomic mass is 35.5. The van der Waals surface area contributed by atoms with Crippen molar-refractivity contribution in [2.45, 2.75) is 13.1 Å².